The van der Waals surface area contributed by atoms with Crippen molar-refractivity contribution in [2.24, 2.45) is 22.7 Å². The average molecular weight is 376 g/mol. The number of hydrogen-bond acceptors (Lipinski definition) is 7. The van der Waals surface area contributed by atoms with Crippen LogP contribution in [0.3, 0.4) is 0 Å². The van der Waals surface area contributed by atoms with Gasteiger partial charge in [-0.3, -0.25) is 9.59 Å². The molecule has 0 aromatic carbocycles. The summed E-state index contributed by atoms with van der Waals surface area (Å²) in [6, 6.07) is 1.78. The first kappa shape index (κ1) is 17.4. The predicted octanol–water partition coefficient (Wildman–Crippen LogP) is 1.38. The SMILES string of the molecule is C[C@@H]1CC(=O)[C@]2(CO)[C@H](CC[C@H](O)[C@]23CO3)[C@@]12C[C@@H](c1ccoc1)OC2=O. The Kier molecular flexibility index (Phi) is 3.50. The van der Waals surface area contributed by atoms with Gasteiger partial charge in [0.2, 0.25) is 0 Å². The van der Waals surface area contributed by atoms with Gasteiger partial charge in [-0.1, -0.05) is 6.92 Å². The fraction of sp³-hybridized carbons (Fsp3) is 0.700. The number of rotatable bonds is 2. The number of epoxide rings is 1. The van der Waals surface area contributed by atoms with E-state index in [4.69, 9.17) is 13.9 Å². The molecule has 7 nitrogen and oxygen atoms in total. The van der Waals surface area contributed by atoms with Crippen LogP contribution in [0.5, 0.6) is 0 Å². The van der Waals surface area contributed by atoms with Gasteiger partial charge in [0.1, 0.15) is 17.5 Å². The topological polar surface area (TPSA) is 110 Å². The largest absolute Gasteiger partial charge is 0.472 e. The van der Waals surface area contributed by atoms with Gasteiger partial charge in [0.05, 0.1) is 42.7 Å². The quantitative estimate of drug-likeness (QED) is 0.593. The Hall–Kier alpha value is -1.70. The van der Waals surface area contributed by atoms with Gasteiger partial charge in [0, 0.05) is 18.4 Å². The van der Waals surface area contributed by atoms with E-state index in [2.05, 4.69) is 0 Å². The first-order valence-corrected chi connectivity index (χ1v) is 9.62. The van der Waals surface area contributed by atoms with E-state index in [0.717, 1.165) is 5.56 Å². The number of aliphatic hydroxyl groups excluding tert-OH is 2. The van der Waals surface area contributed by atoms with Crippen molar-refractivity contribution in [2.45, 2.75) is 50.4 Å². The van der Waals surface area contributed by atoms with Crippen molar-refractivity contribution in [2.75, 3.05) is 13.2 Å². The van der Waals surface area contributed by atoms with Crippen molar-refractivity contribution in [3.8, 4) is 0 Å². The molecule has 2 spiro atoms. The Morgan fingerprint density at radius 3 is 2.70 bits per heavy atom. The number of furan rings is 1. The van der Waals surface area contributed by atoms with Gasteiger partial charge in [-0.05, 0) is 30.7 Å². The third-order valence-corrected chi connectivity index (χ3v) is 7.88. The molecule has 7 heteroatoms. The molecule has 1 aromatic rings. The molecule has 2 aliphatic carbocycles. The van der Waals surface area contributed by atoms with Crippen LogP contribution in [0.1, 0.15) is 44.3 Å². The Morgan fingerprint density at radius 1 is 1.30 bits per heavy atom. The van der Waals surface area contributed by atoms with Crippen molar-refractivity contribution in [3.05, 3.63) is 24.2 Å². The van der Waals surface area contributed by atoms with Gasteiger partial charge in [0.15, 0.2) is 0 Å². The van der Waals surface area contributed by atoms with Crippen molar-refractivity contribution in [1.82, 2.24) is 0 Å². The molecule has 0 radical (unpaired) electrons. The summed E-state index contributed by atoms with van der Waals surface area (Å²) in [4.78, 5) is 26.5. The minimum Gasteiger partial charge on any atom is -0.472 e. The van der Waals surface area contributed by atoms with Gasteiger partial charge in [0.25, 0.3) is 0 Å². The summed E-state index contributed by atoms with van der Waals surface area (Å²) in [6.45, 7) is 1.73. The van der Waals surface area contributed by atoms with Crippen LogP contribution in [0.2, 0.25) is 0 Å². The zero-order valence-corrected chi connectivity index (χ0v) is 15.2. The summed E-state index contributed by atoms with van der Waals surface area (Å²) in [5.41, 5.74) is -2.39. The van der Waals surface area contributed by atoms with E-state index < -0.39 is 41.2 Å². The normalized spacial score (nSPS) is 48.7. The van der Waals surface area contributed by atoms with E-state index in [1.54, 1.807) is 18.6 Å². The number of carbonyl (C=O) groups excluding carboxylic acids is 2. The van der Waals surface area contributed by atoms with Gasteiger partial charge in [-0.25, -0.2) is 0 Å². The molecule has 4 fully saturated rings. The molecule has 3 heterocycles. The van der Waals surface area contributed by atoms with E-state index in [1.165, 1.54) is 0 Å². The molecule has 4 aliphatic rings. The third-order valence-electron chi connectivity index (χ3n) is 7.88. The van der Waals surface area contributed by atoms with Crippen molar-refractivity contribution < 1.29 is 33.7 Å². The Morgan fingerprint density at radius 2 is 2.07 bits per heavy atom. The number of cyclic esters (lactones) is 1. The molecule has 2 aliphatic heterocycles. The number of esters is 1. The molecule has 0 unspecified atom stereocenters. The number of aliphatic hydroxyl groups is 2. The van der Waals surface area contributed by atoms with E-state index in [0.29, 0.717) is 19.3 Å². The lowest BCUT2D eigenvalue weighted by Gasteiger charge is -2.58. The van der Waals surface area contributed by atoms with Crippen LogP contribution in [-0.2, 0) is 19.1 Å². The summed E-state index contributed by atoms with van der Waals surface area (Å²) in [7, 11) is 0. The number of ketones is 1. The van der Waals surface area contributed by atoms with Crippen molar-refractivity contribution >= 4 is 11.8 Å². The van der Waals surface area contributed by atoms with Crippen LogP contribution in [0.4, 0.5) is 0 Å². The molecule has 0 bridgehead atoms. The second-order valence-electron chi connectivity index (χ2n) is 8.68. The van der Waals surface area contributed by atoms with Crippen LogP contribution in [0.25, 0.3) is 0 Å². The molecule has 27 heavy (non-hydrogen) atoms. The summed E-state index contributed by atoms with van der Waals surface area (Å²) in [5, 5.41) is 21.0. The molecule has 0 amide bonds. The van der Waals surface area contributed by atoms with E-state index in [1.807, 2.05) is 6.92 Å². The van der Waals surface area contributed by atoms with Crippen LogP contribution in [-0.4, -0.2) is 46.9 Å². The van der Waals surface area contributed by atoms with Crippen LogP contribution >= 0.6 is 0 Å². The molecular formula is C20H24O7. The first-order valence-electron chi connectivity index (χ1n) is 9.62. The zero-order chi connectivity index (χ0) is 19.0. The first-order chi connectivity index (χ1) is 12.9. The maximum absolute atomic E-state index is 13.3. The highest BCUT2D eigenvalue weighted by molar-refractivity contribution is 5.93. The molecule has 7 atom stereocenters. The maximum atomic E-state index is 13.3. The Labute approximate surface area is 156 Å². The molecular weight excluding hydrogens is 352 g/mol. The molecule has 5 rings (SSSR count). The fourth-order valence-corrected chi connectivity index (χ4v) is 6.37. The second kappa shape index (κ2) is 5.43. The molecule has 1 aromatic heterocycles. The third kappa shape index (κ3) is 1.87. The summed E-state index contributed by atoms with van der Waals surface area (Å²) < 4.78 is 16.6. The highest BCUT2D eigenvalue weighted by Crippen LogP contribution is 2.69. The van der Waals surface area contributed by atoms with Crippen molar-refractivity contribution in [1.29, 1.82) is 0 Å². The fourth-order valence-electron chi connectivity index (χ4n) is 6.37. The lowest BCUT2D eigenvalue weighted by atomic mass is 9.43. The highest BCUT2D eigenvalue weighted by Gasteiger charge is 2.79. The highest BCUT2D eigenvalue weighted by atomic mass is 16.6. The van der Waals surface area contributed by atoms with Crippen LogP contribution < -0.4 is 0 Å². The Balaban J connectivity index is 1.63. The van der Waals surface area contributed by atoms with Crippen LogP contribution in [0, 0.1) is 22.7 Å². The van der Waals surface area contributed by atoms with Gasteiger partial charge >= 0.3 is 5.97 Å². The van der Waals surface area contributed by atoms with E-state index in [-0.39, 0.29) is 30.7 Å². The standard InChI is InChI=1S/C20H24O7/c1-11-6-16(23)19(9-21)14(2-3-15(22)20(19)10-26-20)18(11)7-13(27-17(18)24)12-4-5-25-8-12/h4-5,8,11,13-15,21-22H,2-3,6-7,9-10H2,1H3/t11-,13+,14-,15+,18-,19+,20-/m1/s1. The van der Waals surface area contributed by atoms with Crippen LogP contribution in [0.15, 0.2) is 23.0 Å². The van der Waals surface area contributed by atoms with Gasteiger partial charge in [-0.15, -0.1) is 0 Å². The minimum atomic E-state index is -1.25. The number of carbonyl (C=O) groups is 2. The van der Waals surface area contributed by atoms with E-state index in [9.17, 15) is 19.8 Å². The minimum absolute atomic E-state index is 0.107. The Bertz CT molecular complexity index is 782. The maximum Gasteiger partial charge on any atom is 0.313 e. The number of fused-ring (bicyclic) bond motifs is 3. The number of ether oxygens (including phenoxy) is 2. The zero-order valence-electron chi connectivity index (χ0n) is 15.2. The predicted molar refractivity (Wildman–Crippen MR) is 90.3 cm³/mol. The number of hydrogen-bond donors (Lipinski definition) is 2. The summed E-state index contributed by atoms with van der Waals surface area (Å²) in [6.07, 6.45) is 3.42. The van der Waals surface area contributed by atoms with Gasteiger partial charge < -0.3 is 24.1 Å². The van der Waals surface area contributed by atoms with E-state index >= 15 is 0 Å². The summed E-state index contributed by atoms with van der Waals surface area (Å²) in [5.74, 6) is -1.04. The smallest absolute Gasteiger partial charge is 0.313 e. The van der Waals surface area contributed by atoms with Crippen molar-refractivity contribution in [3.63, 3.8) is 0 Å². The number of Topliss-reactive ketones (excluding diaryl/α,β-unsaturated/α-hetero) is 1. The average Bonchev–Trinajstić information content (AvgIpc) is 3.11. The lowest BCUT2D eigenvalue weighted by Crippen LogP contribution is -2.69. The second-order valence-corrected chi connectivity index (χ2v) is 8.68. The molecule has 146 valence electrons. The monoisotopic (exact) mass is 376 g/mol. The lowest BCUT2D eigenvalue weighted by molar-refractivity contribution is -0.196. The summed E-state index contributed by atoms with van der Waals surface area (Å²) >= 11 is 0. The molecule has 2 saturated heterocycles. The molecule has 2 saturated carbocycles. The van der Waals surface area contributed by atoms with Gasteiger partial charge in [-0.2, -0.15) is 0 Å². The molecule has 2 N–H and O–H groups in total.